The van der Waals surface area contributed by atoms with Crippen LogP contribution in [0.1, 0.15) is 44.1 Å². The smallest absolute Gasteiger partial charge is 0.315 e. The van der Waals surface area contributed by atoms with Gasteiger partial charge >= 0.3 is 6.03 Å². The van der Waals surface area contributed by atoms with Gasteiger partial charge in [-0.1, -0.05) is 18.9 Å². The first-order valence-electron chi connectivity index (χ1n) is 7.92. The average Bonchev–Trinajstić information content (AvgIpc) is 3.20. The van der Waals surface area contributed by atoms with E-state index in [-0.39, 0.29) is 6.03 Å². The summed E-state index contributed by atoms with van der Waals surface area (Å²) in [6.07, 6.45) is 8.95. The second-order valence-electron chi connectivity index (χ2n) is 6.07. The predicted octanol–water partition coefficient (Wildman–Crippen LogP) is 2.61. The van der Waals surface area contributed by atoms with Crippen LogP contribution in [0.5, 0.6) is 5.88 Å². The standard InChI is InChI=1S/C16H23N3O2/c20-16(19-14-3-1-2-4-14)18-10-13-7-8-15(17-9-13)21-11-12-5-6-12/h7-9,12,14H,1-6,10-11H2,(H2,18,19,20). The van der Waals surface area contributed by atoms with Gasteiger partial charge in [-0.2, -0.15) is 0 Å². The number of nitrogens with zero attached hydrogens (tertiary/aromatic N) is 1. The normalized spacial score (nSPS) is 18.5. The fraction of sp³-hybridized carbons (Fsp3) is 0.625. The van der Waals surface area contributed by atoms with Crippen LogP contribution < -0.4 is 15.4 Å². The quantitative estimate of drug-likeness (QED) is 0.846. The maximum absolute atomic E-state index is 11.8. The lowest BCUT2D eigenvalue weighted by atomic mass is 10.2. The molecule has 0 unspecified atom stereocenters. The van der Waals surface area contributed by atoms with Gasteiger partial charge in [0, 0.05) is 24.8 Å². The molecule has 1 heterocycles. The minimum atomic E-state index is -0.0871. The molecule has 0 aromatic carbocycles. The van der Waals surface area contributed by atoms with Crippen LogP contribution in [-0.2, 0) is 6.54 Å². The highest BCUT2D eigenvalue weighted by Crippen LogP contribution is 2.29. The molecular weight excluding hydrogens is 266 g/mol. The van der Waals surface area contributed by atoms with E-state index < -0.39 is 0 Å². The van der Waals surface area contributed by atoms with Crippen molar-refractivity contribution in [3.8, 4) is 5.88 Å². The molecule has 5 heteroatoms. The number of hydrogen-bond acceptors (Lipinski definition) is 3. The van der Waals surface area contributed by atoms with Crippen molar-refractivity contribution < 1.29 is 9.53 Å². The van der Waals surface area contributed by atoms with E-state index in [2.05, 4.69) is 15.6 Å². The molecule has 1 aromatic rings. The topological polar surface area (TPSA) is 63.2 Å². The van der Waals surface area contributed by atoms with Crippen LogP contribution in [0.25, 0.3) is 0 Å². The zero-order valence-corrected chi connectivity index (χ0v) is 12.3. The number of carbonyl (C=O) groups excluding carboxylic acids is 1. The summed E-state index contributed by atoms with van der Waals surface area (Å²) in [7, 11) is 0. The Morgan fingerprint density at radius 2 is 2.05 bits per heavy atom. The molecule has 0 aliphatic heterocycles. The second-order valence-corrected chi connectivity index (χ2v) is 6.07. The van der Waals surface area contributed by atoms with E-state index in [4.69, 9.17) is 4.74 Å². The molecule has 2 N–H and O–H groups in total. The number of ether oxygens (including phenoxy) is 1. The number of hydrogen-bond donors (Lipinski definition) is 2. The van der Waals surface area contributed by atoms with Crippen LogP contribution in [0.4, 0.5) is 4.79 Å². The Balaban J connectivity index is 1.38. The Hall–Kier alpha value is -1.78. The molecule has 1 aromatic heterocycles. The summed E-state index contributed by atoms with van der Waals surface area (Å²) in [4.78, 5) is 16.0. The van der Waals surface area contributed by atoms with Gasteiger partial charge < -0.3 is 15.4 Å². The SMILES string of the molecule is O=C(NCc1ccc(OCC2CC2)nc1)NC1CCCC1. The average molecular weight is 289 g/mol. The van der Waals surface area contributed by atoms with Crippen LogP contribution in [0.3, 0.4) is 0 Å². The highest BCUT2D eigenvalue weighted by atomic mass is 16.5. The molecular formula is C16H23N3O2. The van der Waals surface area contributed by atoms with Crippen molar-refractivity contribution in [2.75, 3.05) is 6.61 Å². The number of pyridine rings is 1. The first-order valence-corrected chi connectivity index (χ1v) is 7.92. The van der Waals surface area contributed by atoms with Gasteiger partial charge in [0.25, 0.3) is 0 Å². The third-order valence-corrected chi connectivity index (χ3v) is 4.10. The Morgan fingerprint density at radius 3 is 2.71 bits per heavy atom. The Bertz CT molecular complexity index is 465. The van der Waals surface area contributed by atoms with E-state index in [9.17, 15) is 4.79 Å². The number of rotatable bonds is 6. The molecule has 2 fully saturated rings. The van der Waals surface area contributed by atoms with Crippen molar-refractivity contribution in [3.05, 3.63) is 23.9 Å². The van der Waals surface area contributed by atoms with Crippen molar-refractivity contribution in [3.63, 3.8) is 0 Å². The van der Waals surface area contributed by atoms with E-state index in [0.717, 1.165) is 30.9 Å². The number of aromatic nitrogens is 1. The van der Waals surface area contributed by atoms with Gasteiger partial charge in [0.2, 0.25) is 5.88 Å². The van der Waals surface area contributed by atoms with Crippen molar-refractivity contribution >= 4 is 6.03 Å². The Morgan fingerprint density at radius 1 is 1.24 bits per heavy atom. The maximum atomic E-state index is 11.8. The first kappa shape index (κ1) is 14.2. The van der Waals surface area contributed by atoms with E-state index in [0.29, 0.717) is 18.5 Å². The van der Waals surface area contributed by atoms with E-state index >= 15 is 0 Å². The lowest BCUT2D eigenvalue weighted by Gasteiger charge is -2.13. The van der Waals surface area contributed by atoms with Crippen LogP contribution >= 0.6 is 0 Å². The number of nitrogens with one attached hydrogen (secondary N) is 2. The number of carbonyl (C=O) groups is 1. The fourth-order valence-corrected chi connectivity index (χ4v) is 2.58. The highest BCUT2D eigenvalue weighted by molar-refractivity contribution is 5.74. The van der Waals surface area contributed by atoms with Crippen LogP contribution in [0.15, 0.2) is 18.3 Å². The number of urea groups is 1. The minimum absolute atomic E-state index is 0.0871. The summed E-state index contributed by atoms with van der Waals surface area (Å²) in [6.45, 7) is 1.27. The number of amides is 2. The summed E-state index contributed by atoms with van der Waals surface area (Å²) < 4.78 is 5.59. The molecule has 5 nitrogen and oxygen atoms in total. The van der Waals surface area contributed by atoms with Gasteiger partial charge in [-0.3, -0.25) is 0 Å². The molecule has 0 bridgehead atoms. The van der Waals surface area contributed by atoms with E-state index in [1.165, 1.54) is 25.7 Å². The molecule has 21 heavy (non-hydrogen) atoms. The van der Waals surface area contributed by atoms with E-state index in [1.54, 1.807) is 6.20 Å². The maximum Gasteiger partial charge on any atom is 0.315 e. The molecule has 0 spiro atoms. The molecule has 0 saturated heterocycles. The summed E-state index contributed by atoms with van der Waals surface area (Å²) in [5.41, 5.74) is 0.982. The van der Waals surface area contributed by atoms with Crippen molar-refractivity contribution in [1.29, 1.82) is 0 Å². The zero-order valence-electron chi connectivity index (χ0n) is 12.3. The van der Waals surface area contributed by atoms with Gasteiger partial charge in [-0.05, 0) is 37.2 Å². The monoisotopic (exact) mass is 289 g/mol. The first-order chi connectivity index (χ1) is 10.3. The lowest BCUT2D eigenvalue weighted by molar-refractivity contribution is 0.236. The molecule has 2 amide bonds. The predicted molar refractivity (Wildman–Crippen MR) is 80.1 cm³/mol. The Kier molecular flexibility index (Phi) is 4.58. The van der Waals surface area contributed by atoms with E-state index in [1.807, 2.05) is 12.1 Å². The largest absolute Gasteiger partial charge is 0.477 e. The second kappa shape index (κ2) is 6.78. The van der Waals surface area contributed by atoms with Crippen molar-refractivity contribution in [2.24, 2.45) is 5.92 Å². The minimum Gasteiger partial charge on any atom is -0.477 e. The van der Waals surface area contributed by atoms with Gasteiger partial charge in [0.15, 0.2) is 0 Å². The highest BCUT2D eigenvalue weighted by Gasteiger charge is 2.22. The molecule has 3 rings (SSSR count). The summed E-state index contributed by atoms with van der Waals surface area (Å²) >= 11 is 0. The third kappa shape index (κ3) is 4.62. The van der Waals surface area contributed by atoms with Crippen molar-refractivity contribution in [1.82, 2.24) is 15.6 Å². The lowest BCUT2D eigenvalue weighted by Crippen LogP contribution is -2.40. The van der Waals surface area contributed by atoms with Gasteiger partial charge in [-0.25, -0.2) is 9.78 Å². The Labute approximate surface area is 125 Å². The molecule has 0 atom stereocenters. The summed E-state index contributed by atoms with van der Waals surface area (Å²) in [5.74, 6) is 1.40. The molecule has 0 radical (unpaired) electrons. The zero-order chi connectivity index (χ0) is 14.5. The molecule has 2 aliphatic rings. The van der Waals surface area contributed by atoms with Gasteiger partial charge in [-0.15, -0.1) is 0 Å². The molecule has 114 valence electrons. The van der Waals surface area contributed by atoms with Gasteiger partial charge in [0.05, 0.1) is 6.61 Å². The molecule has 2 saturated carbocycles. The van der Waals surface area contributed by atoms with Crippen LogP contribution in [0.2, 0.25) is 0 Å². The third-order valence-electron chi connectivity index (χ3n) is 4.10. The summed E-state index contributed by atoms with van der Waals surface area (Å²) in [5, 5.41) is 5.88. The van der Waals surface area contributed by atoms with Gasteiger partial charge in [0.1, 0.15) is 0 Å². The van der Waals surface area contributed by atoms with Crippen LogP contribution in [0, 0.1) is 5.92 Å². The van der Waals surface area contributed by atoms with Crippen LogP contribution in [-0.4, -0.2) is 23.7 Å². The molecule has 2 aliphatic carbocycles. The fourth-order valence-electron chi connectivity index (χ4n) is 2.58. The summed E-state index contributed by atoms with van der Waals surface area (Å²) in [6, 6.07) is 4.08. The van der Waals surface area contributed by atoms with Crippen molar-refractivity contribution in [2.45, 2.75) is 51.1 Å².